The lowest BCUT2D eigenvalue weighted by atomic mass is 10.1. The van der Waals surface area contributed by atoms with Crippen LogP contribution in [-0.4, -0.2) is 88.7 Å². The van der Waals surface area contributed by atoms with Crippen LogP contribution in [0.15, 0.2) is 52.7 Å². The van der Waals surface area contributed by atoms with Crippen molar-refractivity contribution in [2.75, 3.05) is 33.3 Å². The Morgan fingerprint density at radius 3 is 2.51 bits per heavy atom. The van der Waals surface area contributed by atoms with Gasteiger partial charge >= 0.3 is 0 Å². The van der Waals surface area contributed by atoms with Crippen molar-refractivity contribution in [3.63, 3.8) is 0 Å². The predicted octanol–water partition coefficient (Wildman–Crippen LogP) is 3.27. The number of H-pyrrole nitrogens is 1. The predicted molar refractivity (Wildman–Crippen MR) is 142 cm³/mol. The van der Waals surface area contributed by atoms with Gasteiger partial charge < -0.3 is 19.5 Å². The van der Waals surface area contributed by atoms with Crippen LogP contribution in [-0.2, 0) is 4.79 Å². The van der Waals surface area contributed by atoms with E-state index in [-0.39, 0.29) is 35.8 Å². The second-order valence-corrected chi connectivity index (χ2v) is 8.92. The first kappa shape index (κ1) is 26.0. The Balaban J connectivity index is 0.000000469. The van der Waals surface area contributed by atoms with Crippen molar-refractivity contribution in [3.8, 4) is 5.75 Å². The van der Waals surface area contributed by atoms with Crippen molar-refractivity contribution in [3.05, 3.63) is 59.0 Å². The summed E-state index contributed by atoms with van der Waals surface area (Å²) in [5, 5.41) is 0.607. The number of ketones is 1. The number of aromatic amines is 1. The number of nitrogens with zero attached hydrogens (tertiary/aromatic N) is 5. The summed E-state index contributed by atoms with van der Waals surface area (Å²) in [5.74, 6) is -0.134. The van der Waals surface area contributed by atoms with Crippen molar-refractivity contribution in [2.24, 2.45) is 9.98 Å². The zero-order valence-corrected chi connectivity index (χ0v) is 21.5. The van der Waals surface area contributed by atoms with Gasteiger partial charge in [-0.25, -0.2) is 9.98 Å². The molecule has 1 N–H and O–H groups in total. The summed E-state index contributed by atoms with van der Waals surface area (Å²) in [6.45, 7) is 5.43. The molecular weight excluding hydrogens is 496 g/mol. The Kier molecular flexibility index (Phi) is 7.98. The van der Waals surface area contributed by atoms with E-state index in [9.17, 15) is 14.4 Å². The summed E-state index contributed by atoms with van der Waals surface area (Å²) in [4.78, 5) is 56.7. The lowest BCUT2D eigenvalue weighted by Gasteiger charge is -2.39. The Hall–Kier alpha value is -4.05. The molecule has 5 rings (SSSR count). The van der Waals surface area contributed by atoms with Gasteiger partial charge in [0.2, 0.25) is 0 Å². The quantitative estimate of drug-likeness (QED) is 0.320. The van der Waals surface area contributed by atoms with Gasteiger partial charge in [0.1, 0.15) is 11.6 Å². The fourth-order valence-corrected chi connectivity index (χ4v) is 4.45. The van der Waals surface area contributed by atoms with Crippen LogP contribution in [0.2, 0.25) is 5.15 Å². The molecule has 37 heavy (non-hydrogen) atoms. The maximum Gasteiger partial charge on any atom is 0.295 e. The second kappa shape index (κ2) is 11.3. The van der Waals surface area contributed by atoms with E-state index >= 15 is 0 Å². The number of nitrogens with one attached hydrogen (secondary N) is 1. The number of aliphatic imine (C=N–C) groups is 2. The van der Waals surface area contributed by atoms with E-state index < -0.39 is 11.7 Å². The molecule has 2 amide bonds. The molecule has 10 nitrogen and oxygen atoms in total. The van der Waals surface area contributed by atoms with E-state index in [1.807, 2.05) is 32.0 Å². The van der Waals surface area contributed by atoms with Crippen molar-refractivity contribution < 1.29 is 19.1 Å². The van der Waals surface area contributed by atoms with Gasteiger partial charge in [-0.15, -0.1) is 0 Å². The molecule has 0 radical (unpaired) electrons. The number of methoxy groups -OCH3 is 1. The van der Waals surface area contributed by atoms with Crippen LogP contribution in [0.4, 0.5) is 0 Å². The average Bonchev–Trinajstić information content (AvgIpc) is 3.58. The smallest absolute Gasteiger partial charge is 0.295 e. The minimum absolute atomic E-state index is 0.0879. The van der Waals surface area contributed by atoms with E-state index in [1.165, 1.54) is 24.4 Å². The Labute approximate surface area is 219 Å². The highest BCUT2D eigenvalue weighted by Crippen LogP contribution is 2.32. The SMILES string of the molecule is CC1=NCC=N1.COc1cnc(Cl)c2[nH]cc(C(=O)C(=O)N3CCN(C(=O)c4ccccc4)[C@H](C)C3)c12. The molecule has 3 aromatic rings. The van der Waals surface area contributed by atoms with Crippen LogP contribution in [0.1, 0.15) is 34.6 Å². The maximum atomic E-state index is 13.0. The number of amidine groups is 1. The molecule has 11 heteroatoms. The minimum atomic E-state index is -0.665. The molecule has 0 saturated carbocycles. The zero-order chi connectivity index (χ0) is 26.5. The molecule has 192 valence electrons. The number of piperazine rings is 1. The molecule has 0 bridgehead atoms. The van der Waals surface area contributed by atoms with Crippen LogP contribution in [0.3, 0.4) is 0 Å². The molecule has 0 aliphatic carbocycles. The van der Waals surface area contributed by atoms with Crippen LogP contribution >= 0.6 is 11.6 Å². The number of carbonyl (C=O) groups excluding carboxylic acids is 3. The van der Waals surface area contributed by atoms with E-state index in [4.69, 9.17) is 16.3 Å². The average molecular weight is 523 g/mol. The summed E-state index contributed by atoms with van der Waals surface area (Å²) in [7, 11) is 1.46. The minimum Gasteiger partial charge on any atom is -0.494 e. The molecule has 2 aliphatic heterocycles. The van der Waals surface area contributed by atoms with E-state index in [0.29, 0.717) is 28.8 Å². The van der Waals surface area contributed by atoms with Gasteiger partial charge in [0, 0.05) is 43.7 Å². The molecule has 1 fully saturated rings. The Morgan fingerprint density at radius 2 is 1.92 bits per heavy atom. The number of carbonyl (C=O) groups is 3. The topological polar surface area (TPSA) is 120 Å². The van der Waals surface area contributed by atoms with E-state index in [1.54, 1.807) is 23.2 Å². The lowest BCUT2D eigenvalue weighted by Crippen LogP contribution is -2.56. The lowest BCUT2D eigenvalue weighted by molar-refractivity contribution is -0.128. The fraction of sp³-hybridized carbons (Fsp3) is 0.308. The van der Waals surface area contributed by atoms with Crippen LogP contribution in [0, 0.1) is 0 Å². The molecule has 2 aliphatic rings. The second-order valence-electron chi connectivity index (χ2n) is 8.56. The molecule has 0 unspecified atom stereocenters. The third kappa shape index (κ3) is 5.54. The van der Waals surface area contributed by atoms with Gasteiger partial charge in [-0.1, -0.05) is 29.8 Å². The number of hydrogen-bond acceptors (Lipinski definition) is 7. The third-order valence-electron chi connectivity index (χ3n) is 6.16. The van der Waals surface area contributed by atoms with Gasteiger partial charge in [-0.3, -0.25) is 19.4 Å². The monoisotopic (exact) mass is 522 g/mol. The third-order valence-corrected chi connectivity index (χ3v) is 6.45. The molecule has 4 heterocycles. The van der Waals surface area contributed by atoms with Gasteiger partial charge in [0.05, 0.1) is 36.3 Å². The highest BCUT2D eigenvalue weighted by atomic mass is 35.5. The molecule has 1 aromatic carbocycles. The number of halogens is 1. The van der Waals surface area contributed by atoms with Crippen LogP contribution in [0.25, 0.3) is 10.9 Å². The first-order chi connectivity index (χ1) is 17.8. The summed E-state index contributed by atoms with van der Waals surface area (Å²) in [6, 6.07) is 8.78. The van der Waals surface area contributed by atoms with Gasteiger partial charge in [-0.05, 0) is 26.0 Å². The first-order valence-corrected chi connectivity index (χ1v) is 12.1. The Morgan fingerprint density at radius 1 is 1.16 bits per heavy atom. The van der Waals surface area contributed by atoms with Crippen molar-refractivity contribution in [2.45, 2.75) is 19.9 Å². The summed E-state index contributed by atoms with van der Waals surface area (Å²) < 4.78 is 5.29. The number of ether oxygens (including phenoxy) is 1. The van der Waals surface area contributed by atoms with E-state index in [2.05, 4.69) is 20.0 Å². The fourth-order valence-electron chi connectivity index (χ4n) is 4.26. The summed E-state index contributed by atoms with van der Waals surface area (Å²) in [6.07, 6.45) is 4.66. The normalized spacial score (nSPS) is 16.8. The molecule has 1 atom stereocenters. The van der Waals surface area contributed by atoms with Crippen LogP contribution in [0.5, 0.6) is 5.75 Å². The molecular formula is C26H27ClN6O4. The highest BCUT2D eigenvalue weighted by molar-refractivity contribution is 6.45. The standard InChI is InChI=1S/C22H21ClN4O4.C4H6N2/c1-13-12-26(8-9-27(13)21(29)14-6-4-3-5-7-14)22(30)19(28)15-10-24-18-17(15)16(31-2)11-25-20(18)23;1-4-5-2-3-6-4/h3-7,10-11,13,24H,8-9,12H2,1-2H3;2H,3H2,1H3/t13-;/m1./s1. The van der Waals surface area contributed by atoms with E-state index in [0.717, 1.165) is 12.4 Å². The number of hydrogen-bond donors (Lipinski definition) is 1. The first-order valence-electron chi connectivity index (χ1n) is 11.7. The number of aromatic nitrogens is 2. The Bertz CT molecular complexity index is 1380. The van der Waals surface area contributed by atoms with Gasteiger partial charge in [0.15, 0.2) is 5.15 Å². The largest absolute Gasteiger partial charge is 0.494 e. The van der Waals surface area contributed by atoms with Crippen LogP contribution < -0.4 is 4.74 Å². The highest BCUT2D eigenvalue weighted by Gasteiger charge is 2.34. The molecule has 0 spiro atoms. The maximum absolute atomic E-state index is 13.0. The zero-order valence-electron chi connectivity index (χ0n) is 20.8. The summed E-state index contributed by atoms with van der Waals surface area (Å²) >= 11 is 6.11. The van der Waals surface area contributed by atoms with Crippen molar-refractivity contribution in [1.82, 2.24) is 19.8 Å². The van der Waals surface area contributed by atoms with Crippen molar-refractivity contribution in [1.29, 1.82) is 0 Å². The van der Waals surface area contributed by atoms with Gasteiger partial charge in [-0.2, -0.15) is 0 Å². The number of rotatable bonds is 4. The van der Waals surface area contributed by atoms with Gasteiger partial charge in [0.25, 0.3) is 17.6 Å². The summed E-state index contributed by atoms with van der Waals surface area (Å²) in [5.41, 5.74) is 1.21. The number of Topliss-reactive ketones (excluding diaryl/α,β-unsaturated/α-hetero) is 1. The molecule has 2 aromatic heterocycles. The van der Waals surface area contributed by atoms with Crippen molar-refractivity contribution >= 4 is 52.2 Å². The molecule has 1 saturated heterocycles. The number of pyridine rings is 1. The number of benzene rings is 1. The number of fused-ring (bicyclic) bond motifs is 1. The number of amides is 2.